The summed E-state index contributed by atoms with van der Waals surface area (Å²) in [5, 5.41) is 0. The minimum atomic E-state index is -0.150. The van der Waals surface area contributed by atoms with E-state index in [-0.39, 0.29) is 18.0 Å². The number of nitrogens with zero attached hydrogens (tertiary/aromatic N) is 1. The summed E-state index contributed by atoms with van der Waals surface area (Å²) in [7, 11) is 1.42. The van der Waals surface area contributed by atoms with Gasteiger partial charge in [0.1, 0.15) is 6.10 Å². The number of aliphatic imine (C=N–C) groups is 1. The Morgan fingerprint density at radius 3 is 2.79 bits per heavy atom. The normalized spacial score (nSPS) is 24.3. The van der Waals surface area contributed by atoms with E-state index >= 15 is 0 Å². The van der Waals surface area contributed by atoms with E-state index in [0.29, 0.717) is 12.3 Å². The highest BCUT2D eigenvalue weighted by Gasteiger charge is 2.29. The van der Waals surface area contributed by atoms with Gasteiger partial charge in [-0.25, -0.2) is 4.99 Å². The van der Waals surface area contributed by atoms with Gasteiger partial charge in [0, 0.05) is 11.8 Å². The smallest absolute Gasteiger partial charge is 0.308 e. The van der Waals surface area contributed by atoms with Gasteiger partial charge in [-0.1, -0.05) is 22.5 Å². The first-order chi connectivity index (χ1) is 9.08. The van der Waals surface area contributed by atoms with E-state index in [1.807, 2.05) is 6.92 Å². The molecule has 0 heterocycles. The van der Waals surface area contributed by atoms with Gasteiger partial charge in [-0.15, -0.1) is 0 Å². The zero-order valence-electron chi connectivity index (χ0n) is 11.4. The fourth-order valence-corrected chi connectivity index (χ4v) is 2.25. The molecular formula is C14H20BrNO3. The Kier molecular flexibility index (Phi) is 6.84. The number of esters is 1. The fourth-order valence-electron chi connectivity index (χ4n) is 2.13. The first-order valence-corrected chi connectivity index (χ1v) is 7.23. The van der Waals surface area contributed by atoms with Crippen molar-refractivity contribution in [2.75, 3.05) is 7.11 Å². The Morgan fingerprint density at radius 1 is 1.47 bits per heavy atom. The molecule has 0 aromatic heterocycles. The van der Waals surface area contributed by atoms with E-state index in [1.165, 1.54) is 7.11 Å². The van der Waals surface area contributed by atoms with Gasteiger partial charge in [-0.2, -0.15) is 0 Å². The maximum Gasteiger partial charge on any atom is 0.308 e. The second-order valence-corrected chi connectivity index (χ2v) is 5.14. The molecule has 0 unspecified atom stereocenters. The highest BCUT2D eigenvalue weighted by molar-refractivity contribution is 9.11. The largest absolute Gasteiger partial charge is 0.474 e. The molecule has 0 N–H and O–H groups in total. The summed E-state index contributed by atoms with van der Waals surface area (Å²) >= 11 is 3.16. The van der Waals surface area contributed by atoms with Crippen LogP contribution in [0.1, 0.15) is 32.6 Å². The fraction of sp³-hybridized carbons (Fsp3) is 0.571. The number of ether oxygens (including phenoxy) is 2. The molecule has 4 nitrogen and oxygen atoms in total. The number of hydrogen-bond donors (Lipinski definition) is 0. The molecular weight excluding hydrogens is 310 g/mol. The highest BCUT2D eigenvalue weighted by Crippen LogP contribution is 2.27. The van der Waals surface area contributed by atoms with Crippen molar-refractivity contribution in [3.05, 3.63) is 23.3 Å². The lowest BCUT2D eigenvalue weighted by molar-refractivity contribution is -0.147. The molecule has 0 radical (unpaired) electrons. The lowest BCUT2D eigenvalue weighted by Crippen LogP contribution is -2.30. The number of rotatable bonds is 4. The minimum Gasteiger partial charge on any atom is -0.474 e. The Labute approximate surface area is 122 Å². The van der Waals surface area contributed by atoms with E-state index in [1.54, 1.807) is 11.2 Å². The topological polar surface area (TPSA) is 47.9 Å². The van der Waals surface area contributed by atoms with Crippen molar-refractivity contribution in [2.24, 2.45) is 10.9 Å². The lowest BCUT2D eigenvalue weighted by atomic mass is 9.87. The van der Waals surface area contributed by atoms with Gasteiger partial charge in [0.15, 0.2) is 0 Å². The van der Waals surface area contributed by atoms with E-state index in [2.05, 4.69) is 27.5 Å². The van der Waals surface area contributed by atoms with Crippen LogP contribution in [0.3, 0.4) is 0 Å². The lowest BCUT2D eigenvalue weighted by Gasteiger charge is -2.28. The van der Waals surface area contributed by atoms with Crippen molar-refractivity contribution >= 4 is 27.8 Å². The summed E-state index contributed by atoms with van der Waals surface area (Å²) < 4.78 is 10.6. The second kappa shape index (κ2) is 8.15. The molecule has 1 fully saturated rings. The molecule has 2 atom stereocenters. The molecule has 1 rings (SSSR count). The predicted octanol–water partition coefficient (Wildman–Crippen LogP) is 3.58. The molecule has 1 saturated carbocycles. The third-order valence-corrected chi connectivity index (χ3v) is 3.29. The van der Waals surface area contributed by atoms with Crippen LogP contribution in [0.5, 0.6) is 0 Å². The Bertz CT molecular complexity index is 390. The molecule has 0 saturated heterocycles. The van der Waals surface area contributed by atoms with Crippen LogP contribution in [0.25, 0.3) is 0 Å². The summed E-state index contributed by atoms with van der Waals surface area (Å²) in [6, 6.07) is 0. The molecule has 0 aromatic carbocycles. The first kappa shape index (κ1) is 16.0. The predicted molar refractivity (Wildman–Crippen MR) is 79.2 cm³/mol. The van der Waals surface area contributed by atoms with Crippen molar-refractivity contribution in [1.82, 2.24) is 0 Å². The third-order valence-electron chi connectivity index (χ3n) is 3.05. The van der Waals surface area contributed by atoms with Crippen LogP contribution in [0.2, 0.25) is 0 Å². The van der Waals surface area contributed by atoms with Gasteiger partial charge in [0.25, 0.3) is 0 Å². The first-order valence-electron chi connectivity index (χ1n) is 6.31. The SMILES string of the molecule is C=C(C)/C(=N\C=C\Br)O[C@H]1CCC[C@H](C(=O)OC)C1. The molecule has 0 aromatic rings. The summed E-state index contributed by atoms with van der Waals surface area (Å²) in [4.78, 5) is 17.4. The van der Waals surface area contributed by atoms with Gasteiger partial charge < -0.3 is 9.47 Å². The highest BCUT2D eigenvalue weighted by atomic mass is 79.9. The zero-order chi connectivity index (χ0) is 14.3. The third kappa shape index (κ3) is 5.19. The van der Waals surface area contributed by atoms with Crippen molar-refractivity contribution in [1.29, 1.82) is 0 Å². The molecule has 0 aliphatic heterocycles. The summed E-state index contributed by atoms with van der Waals surface area (Å²) in [5.41, 5.74) is 0.769. The summed E-state index contributed by atoms with van der Waals surface area (Å²) in [5.74, 6) is 0.301. The van der Waals surface area contributed by atoms with E-state index in [9.17, 15) is 4.79 Å². The molecule has 5 heteroatoms. The zero-order valence-corrected chi connectivity index (χ0v) is 13.0. The van der Waals surface area contributed by atoms with Gasteiger partial charge >= 0.3 is 5.97 Å². The second-order valence-electron chi connectivity index (χ2n) is 4.62. The molecule has 0 spiro atoms. The number of methoxy groups -OCH3 is 1. The average molecular weight is 330 g/mol. The quantitative estimate of drug-likeness (QED) is 0.450. The summed E-state index contributed by atoms with van der Waals surface area (Å²) in [6.07, 6.45) is 5.03. The maximum absolute atomic E-state index is 11.6. The van der Waals surface area contributed by atoms with E-state index in [0.717, 1.165) is 24.8 Å². The van der Waals surface area contributed by atoms with E-state index in [4.69, 9.17) is 9.47 Å². The molecule has 1 aliphatic carbocycles. The number of carbonyl (C=O) groups is 1. The van der Waals surface area contributed by atoms with Crippen molar-refractivity contribution in [3.8, 4) is 0 Å². The summed E-state index contributed by atoms with van der Waals surface area (Å²) in [6.45, 7) is 5.70. The molecule has 0 amide bonds. The van der Waals surface area contributed by atoms with Crippen molar-refractivity contribution in [3.63, 3.8) is 0 Å². The van der Waals surface area contributed by atoms with Crippen molar-refractivity contribution < 1.29 is 14.3 Å². The average Bonchev–Trinajstić information content (AvgIpc) is 2.42. The number of halogens is 1. The maximum atomic E-state index is 11.6. The monoisotopic (exact) mass is 329 g/mol. The van der Waals surface area contributed by atoms with Crippen molar-refractivity contribution in [2.45, 2.75) is 38.7 Å². The molecule has 0 bridgehead atoms. The Morgan fingerprint density at radius 2 is 2.21 bits per heavy atom. The Balaban J connectivity index is 2.64. The molecule has 106 valence electrons. The molecule has 19 heavy (non-hydrogen) atoms. The van der Waals surface area contributed by atoms with Gasteiger partial charge in [-0.05, 0) is 37.6 Å². The van der Waals surface area contributed by atoms with Crippen LogP contribution in [-0.4, -0.2) is 25.1 Å². The number of hydrogen-bond acceptors (Lipinski definition) is 4. The van der Waals surface area contributed by atoms with Crippen LogP contribution in [-0.2, 0) is 14.3 Å². The Hall–Kier alpha value is -1.10. The van der Waals surface area contributed by atoms with Crippen LogP contribution >= 0.6 is 15.9 Å². The molecule has 1 aliphatic rings. The van der Waals surface area contributed by atoms with Crippen LogP contribution in [0, 0.1) is 5.92 Å². The van der Waals surface area contributed by atoms with Crippen LogP contribution < -0.4 is 0 Å². The van der Waals surface area contributed by atoms with Gasteiger partial charge in [0.05, 0.1) is 13.0 Å². The standard InChI is InChI=1S/C14H20BrNO3/c1-10(2)13(16-8-7-15)19-12-6-4-5-11(9-12)14(17)18-3/h7-8,11-12H,1,4-6,9H2,2-3H3/b8-7+,16-13+/t11-,12-/m0/s1. The van der Waals surface area contributed by atoms with Gasteiger partial charge in [-0.3, -0.25) is 4.79 Å². The van der Waals surface area contributed by atoms with E-state index < -0.39 is 0 Å². The van der Waals surface area contributed by atoms with Crippen LogP contribution in [0.15, 0.2) is 28.3 Å². The van der Waals surface area contributed by atoms with Crippen LogP contribution in [0.4, 0.5) is 0 Å². The number of carbonyl (C=O) groups excluding carboxylic acids is 1. The minimum absolute atomic E-state index is 0.00275. The van der Waals surface area contributed by atoms with Gasteiger partial charge in [0.2, 0.25) is 5.90 Å².